The fourth-order valence-electron chi connectivity index (χ4n) is 9.88. The average Bonchev–Trinajstić information content (AvgIpc) is 3.61. The average molecular weight is 829 g/mol. The number of amides is 3. The predicted molar refractivity (Wildman–Crippen MR) is 235 cm³/mol. The van der Waals surface area contributed by atoms with Crippen LogP contribution in [0.4, 0.5) is 11.5 Å². The van der Waals surface area contributed by atoms with E-state index in [2.05, 4.69) is 71.6 Å². The highest BCUT2D eigenvalue weighted by molar-refractivity contribution is 6.04. The highest BCUT2D eigenvalue weighted by Gasteiger charge is 2.45. The van der Waals surface area contributed by atoms with Crippen molar-refractivity contribution in [2.24, 2.45) is 18.4 Å². The number of fused-ring (bicyclic) bond motifs is 2. The Morgan fingerprint density at radius 2 is 1.57 bits per heavy atom. The summed E-state index contributed by atoms with van der Waals surface area (Å²) in [5.41, 5.74) is 6.51. The molecule has 8 heterocycles. The van der Waals surface area contributed by atoms with Gasteiger partial charge in [0.05, 0.1) is 25.2 Å². The number of carbonyl (C=O) groups excluding carboxylic acids is 3. The number of anilines is 2. The van der Waals surface area contributed by atoms with E-state index in [1.807, 2.05) is 6.20 Å². The number of pyridine rings is 2. The fourth-order valence-corrected chi connectivity index (χ4v) is 9.88. The molecule has 6 aliphatic heterocycles. The number of nitrogens with one attached hydrogen (secondary N) is 2. The number of likely N-dealkylation sites (tertiary alicyclic amines) is 2. The lowest BCUT2D eigenvalue weighted by molar-refractivity contribution is -0.128. The molecule has 0 aliphatic carbocycles. The first-order chi connectivity index (χ1) is 29.6. The molecule has 2 aromatic carbocycles. The van der Waals surface area contributed by atoms with Crippen LogP contribution in [0.2, 0.25) is 0 Å². The molecule has 2 aromatic heterocycles. The molecule has 0 saturated carbocycles. The number of imide groups is 1. The van der Waals surface area contributed by atoms with Crippen molar-refractivity contribution in [3.8, 4) is 22.6 Å². The standard InChI is InChI=1S/C42H51N7O4.C5H5NO2/c1-45-24-35(33-20-39(48-11-4-12-48)43-22-34(33)41(45)51)30-17-37(52-2)36(38(18-30)53-3)25-46-13-7-28(8-14-46)23-47-15-9-42(10-16-47)26-49(27-42)31-6-5-29-21-44-40(50)32(29)19-31;7-4-2-1-3-5(8)6-4/h5-6,17-20,22,24,28H,4,7-16,21,23,25-27H2,1-3H3,(H,44,50);1-2H,3H2,(H,6,7,8). The van der Waals surface area contributed by atoms with Crippen LogP contribution in [0.15, 0.2) is 65.7 Å². The van der Waals surface area contributed by atoms with Crippen LogP contribution in [-0.4, -0.2) is 110 Å². The topological polar surface area (TPSA) is 142 Å². The van der Waals surface area contributed by atoms with Crippen molar-refractivity contribution in [2.75, 3.05) is 82.9 Å². The van der Waals surface area contributed by atoms with Gasteiger partial charge in [-0.1, -0.05) is 12.1 Å². The summed E-state index contributed by atoms with van der Waals surface area (Å²) in [4.78, 5) is 60.4. The van der Waals surface area contributed by atoms with Gasteiger partial charge in [0, 0.05) is 99.3 Å². The summed E-state index contributed by atoms with van der Waals surface area (Å²) in [5.74, 6) is 2.76. The third kappa shape index (κ3) is 8.35. The summed E-state index contributed by atoms with van der Waals surface area (Å²) in [5, 5.41) is 6.56. The lowest BCUT2D eigenvalue weighted by Gasteiger charge is -2.55. The summed E-state index contributed by atoms with van der Waals surface area (Å²) >= 11 is 0. The molecule has 14 heteroatoms. The second-order valence-corrected chi connectivity index (χ2v) is 17.7. The van der Waals surface area contributed by atoms with Crippen molar-refractivity contribution in [3.05, 3.63) is 88.0 Å². The van der Waals surface area contributed by atoms with Crippen LogP contribution >= 0.6 is 0 Å². The van der Waals surface area contributed by atoms with E-state index < -0.39 is 0 Å². The van der Waals surface area contributed by atoms with Crippen LogP contribution in [0, 0.1) is 11.3 Å². The molecule has 1 spiro atoms. The van der Waals surface area contributed by atoms with E-state index in [-0.39, 0.29) is 23.3 Å². The zero-order valence-electron chi connectivity index (χ0n) is 35.5. The third-order valence-electron chi connectivity index (χ3n) is 13.7. The third-order valence-corrected chi connectivity index (χ3v) is 13.7. The summed E-state index contributed by atoms with van der Waals surface area (Å²) < 4.78 is 13.7. The largest absolute Gasteiger partial charge is 0.496 e. The number of ether oxygens (including phenoxy) is 2. The fraction of sp³-hybridized carbons (Fsp3) is 0.468. The molecule has 3 amide bonds. The summed E-state index contributed by atoms with van der Waals surface area (Å²) in [6.07, 6.45) is 12.9. The smallest absolute Gasteiger partial charge is 0.259 e. The lowest BCUT2D eigenvalue weighted by atomic mass is 9.71. The van der Waals surface area contributed by atoms with Crippen molar-refractivity contribution in [1.29, 1.82) is 0 Å². The van der Waals surface area contributed by atoms with Crippen LogP contribution in [-0.2, 0) is 29.7 Å². The van der Waals surface area contributed by atoms with Crippen LogP contribution in [0.5, 0.6) is 11.5 Å². The second kappa shape index (κ2) is 17.0. The lowest BCUT2D eigenvalue weighted by Crippen LogP contribution is -2.60. The molecule has 4 saturated heterocycles. The van der Waals surface area contributed by atoms with Gasteiger partial charge in [-0.25, -0.2) is 4.98 Å². The first-order valence-corrected chi connectivity index (χ1v) is 21.7. The van der Waals surface area contributed by atoms with Crippen LogP contribution < -0.4 is 35.5 Å². The molecule has 2 N–H and O–H groups in total. The van der Waals surface area contributed by atoms with E-state index in [1.54, 1.807) is 38.1 Å². The van der Waals surface area contributed by atoms with Crippen LogP contribution in [0.25, 0.3) is 21.9 Å². The Hall–Kier alpha value is -5.73. The molecule has 14 nitrogen and oxygen atoms in total. The maximum Gasteiger partial charge on any atom is 0.259 e. The predicted octanol–water partition coefficient (Wildman–Crippen LogP) is 4.47. The number of hydrogen-bond donors (Lipinski definition) is 2. The van der Waals surface area contributed by atoms with Crippen LogP contribution in [0.3, 0.4) is 0 Å². The molecular formula is C47H56N8O6. The van der Waals surface area contributed by atoms with Gasteiger partial charge in [-0.05, 0) is 112 Å². The van der Waals surface area contributed by atoms with Crippen molar-refractivity contribution in [3.63, 3.8) is 0 Å². The van der Waals surface area contributed by atoms with Crippen molar-refractivity contribution in [1.82, 2.24) is 30.0 Å². The number of aromatic nitrogens is 2. The molecule has 320 valence electrons. The molecule has 0 radical (unpaired) electrons. The van der Waals surface area contributed by atoms with Gasteiger partial charge in [0.1, 0.15) is 17.3 Å². The zero-order chi connectivity index (χ0) is 42.3. The first kappa shape index (κ1) is 40.7. The minimum Gasteiger partial charge on any atom is -0.496 e. The number of piperidine rings is 2. The molecule has 0 atom stereocenters. The molecule has 61 heavy (non-hydrogen) atoms. The van der Waals surface area contributed by atoms with Gasteiger partial charge in [0.15, 0.2) is 0 Å². The van der Waals surface area contributed by atoms with Gasteiger partial charge in [0.25, 0.3) is 11.5 Å². The SMILES string of the molecule is COc1cc(-c2cn(C)c(=O)c3cnc(N4CCC4)cc23)cc(OC)c1CN1CCC(CN2CCC3(CC2)CN(c2ccc4c(c2)C(=O)NC4)C3)CC1.O=C1C=CCC(=O)N1. The van der Waals surface area contributed by atoms with E-state index in [4.69, 9.17) is 9.47 Å². The zero-order valence-corrected chi connectivity index (χ0v) is 35.5. The summed E-state index contributed by atoms with van der Waals surface area (Å²) in [7, 11) is 5.26. The van der Waals surface area contributed by atoms with Gasteiger partial charge in [-0.15, -0.1) is 0 Å². The number of aryl methyl sites for hydroxylation is 1. The maximum absolute atomic E-state index is 13.1. The molecule has 10 rings (SSSR count). The molecule has 0 bridgehead atoms. The number of rotatable bonds is 9. The van der Waals surface area contributed by atoms with E-state index in [0.717, 1.165) is 109 Å². The Kier molecular flexibility index (Phi) is 11.3. The Balaban J connectivity index is 0.000000537. The minimum absolute atomic E-state index is 0.0518. The molecular weight excluding hydrogens is 773 g/mol. The van der Waals surface area contributed by atoms with Crippen molar-refractivity contribution >= 4 is 40.0 Å². The van der Waals surface area contributed by atoms with Gasteiger partial charge in [-0.3, -0.25) is 29.4 Å². The van der Waals surface area contributed by atoms with E-state index in [9.17, 15) is 19.2 Å². The summed E-state index contributed by atoms with van der Waals surface area (Å²) in [6, 6.07) is 12.7. The minimum atomic E-state index is -0.318. The van der Waals surface area contributed by atoms with Crippen molar-refractivity contribution in [2.45, 2.75) is 51.6 Å². The van der Waals surface area contributed by atoms with E-state index in [1.165, 1.54) is 57.1 Å². The highest BCUT2D eigenvalue weighted by atomic mass is 16.5. The Morgan fingerprint density at radius 1 is 0.836 bits per heavy atom. The number of nitrogens with zero attached hydrogens (tertiary/aromatic N) is 6. The monoisotopic (exact) mass is 828 g/mol. The van der Waals surface area contributed by atoms with Crippen molar-refractivity contribution < 1.29 is 23.9 Å². The Morgan fingerprint density at radius 3 is 2.21 bits per heavy atom. The summed E-state index contributed by atoms with van der Waals surface area (Å²) in [6.45, 7) is 11.3. The normalized spacial score (nSPS) is 20.1. The molecule has 0 unspecified atom stereocenters. The van der Waals surface area contributed by atoms with E-state index >= 15 is 0 Å². The van der Waals surface area contributed by atoms with Crippen LogP contribution in [0.1, 0.15) is 60.0 Å². The second-order valence-electron chi connectivity index (χ2n) is 17.7. The van der Waals surface area contributed by atoms with Gasteiger partial charge in [-0.2, -0.15) is 0 Å². The van der Waals surface area contributed by atoms with E-state index in [0.29, 0.717) is 23.8 Å². The Bertz CT molecular complexity index is 2410. The molecule has 4 fully saturated rings. The number of methoxy groups -OCH3 is 2. The quantitative estimate of drug-likeness (QED) is 0.231. The van der Waals surface area contributed by atoms with Gasteiger partial charge >= 0.3 is 0 Å². The Labute approximate surface area is 356 Å². The van der Waals surface area contributed by atoms with Gasteiger partial charge < -0.3 is 34.1 Å². The number of hydrogen-bond acceptors (Lipinski definition) is 11. The first-order valence-electron chi connectivity index (χ1n) is 21.7. The maximum atomic E-state index is 13.1. The molecule has 4 aromatic rings. The highest BCUT2D eigenvalue weighted by Crippen LogP contribution is 2.44. The van der Waals surface area contributed by atoms with Gasteiger partial charge in [0.2, 0.25) is 11.8 Å². The molecule has 6 aliphatic rings. The number of carbonyl (C=O) groups is 3. The number of benzene rings is 2.